The molecule has 7 heteroatoms. The van der Waals surface area contributed by atoms with Gasteiger partial charge in [-0.15, -0.1) is 0 Å². The number of hydrogen-bond donors (Lipinski definition) is 0. The Morgan fingerprint density at radius 1 is 0.875 bits per heavy atom. The second-order valence-corrected chi connectivity index (χ2v) is 3.13. The molecular formula is C9H5F7. The molecule has 0 saturated heterocycles. The van der Waals surface area contributed by atoms with E-state index in [1.807, 2.05) is 0 Å². The van der Waals surface area contributed by atoms with Gasteiger partial charge in [0.05, 0.1) is 11.1 Å². The molecule has 0 N–H and O–H groups in total. The molecule has 0 atom stereocenters. The van der Waals surface area contributed by atoms with Gasteiger partial charge >= 0.3 is 12.4 Å². The Morgan fingerprint density at radius 3 is 1.75 bits per heavy atom. The van der Waals surface area contributed by atoms with E-state index in [0.29, 0.717) is 0 Å². The van der Waals surface area contributed by atoms with E-state index in [2.05, 4.69) is 0 Å². The smallest absolute Gasteiger partial charge is 0.207 e. The summed E-state index contributed by atoms with van der Waals surface area (Å²) in [5.41, 5.74) is -4.11. The Labute approximate surface area is 85.7 Å². The minimum Gasteiger partial charge on any atom is -0.207 e. The molecule has 0 fully saturated rings. The molecule has 0 spiro atoms. The van der Waals surface area contributed by atoms with Crippen LogP contribution in [0.15, 0.2) is 12.1 Å². The first kappa shape index (κ1) is 12.8. The maximum absolute atomic E-state index is 12.9. The van der Waals surface area contributed by atoms with Gasteiger partial charge in [-0.3, -0.25) is 0 Å². The molecule has 0 amide bonds. The lowest BCUT2D eigenvalue weighted by molar-refractivity contribution is -0.143. The molecule has 0 nitrogen and oxygen atoms in total. The van der Waals surface area contributed by atoms with E-state index in [1.165, 1.54) is 0 Å². The van der Waals surface area contributed by atoms with Gasteiger partial charge in [-0.1, -0.05) is 0 Å². The number of hydrogen-bond acceptors (Lipinski definition) is 0. The number of rotatable bonds is 0. The molecule has 0 unspecified atom stereocenters. The average Bonchev–Trinajstić information content (AvgIpc) is 2.05. The molecule has 0 aliphatic rings. The van der Waals surface area contributed by atoms with E-state index < -0.39 is 34.9 Å². The zero-order valence-electron chi connectivity index (χ0n) is 7.80. The van der Waals surface area contributed by atoms with Crippen molar-refractivity contribution >= 4 is 0 Å². The fourth-order valence-electron chi connectivity index (χ4n) is 1.14. The van der Waals surface area contributed by atoms with Crippen LogP contribution in [0, 0.1) is 12.7 Å². The van der Waals surface area contributed by atoms with Crippen LogP contribution in [0.25, 0.3) is 0 Å². The molecule has 0 bridgehead atoms. The highest BCUT2D eigenvalue weighted by atomic mass is 19.4. The molecule has 1 rings (SSSR count). The summed E-state index contributed by atoms with van der Waals surface area (Å²) in [4.78, 5) is 0. The van der Waals surface area contributed by atoms with Crippen molar-refractivity contribution in [1.29, 1.82) is 0 Å². The Kier molecular flexibility index (Phi) is 2.91. The zero-order valence-corrected chi connectivity index (χ0v) is 7.80. The average molecular weight is 246 g/mol. The fraction of sp³-hybridized carbons (Fsp3) is 0.333. The number of benzene rings is 1. The SMILES string of the molecule is Cc1c(F)cc(C(F)(F)F)cc1C(F)(F)F. The summed E-state index contributed by atoms with van der Waals surface area (Å²) in [6.07, 6.45) is -10.0. The van der Waals surface area contributed by atoms with Crippen molar-refractivity contribution in [2.45, 2.75) is 19.3 Å². The van der Waals surface area contributed by atoms with Crippen molar-refractivity contribution in [3.63, 3.8) is 0 Å². The second-order valence-electron chi connectivity index (χ2n) is 3.13. The topological polar surface area (TPSA) is 0 Å². The Morgan fingerprint density at radius 2 is 1.38 bits per heavy atom. The normalized spacial score (nSPS) is 13.0. The Balaban J connectivity index is 3.46. The van der Waals surface area contributed by atoms with Crippen LogP contribution in [0.4, 0.5) is 30.7 Å². The van der Waals surface area contributed by atoms with E-state index in [4.69, 9.17) is 0 Å². The quantitative estimate of drug-likeness (QED) is 0.602. The van der Waals surface area contributed by atoms with Gasteiger partial charge in [0.1, 0.15) is 5.82 Å². The van der Waals surface area contributed by atoms with Gasteiger partial charge in [-0.25, -0.2) is 4.39 Å². The molecule has 0 radical (unpaired) electrons. The molecule has 1 aromatic carbocycles. The van der Waals surface area contributed by atoms with E-state index in [1.54, 1.807) is 0 Å². The minimum absolute atomic E-state index is 0.0462. The summed E-state index contributed by atoms with van der Waals surface area (Å²) in [6, 6.07) is -0.0526. The zero-order chi connectivity index (χ0) is 12.7. The Bertz CT molecular complexity index is 400. The van der Waals surface area contributed by atoms with Crippen LogP contribution in [0.1, 0.15) is 16.7 Å². The van der Waals surface area contributed by atoms with Crippen LogP contribution in [0.5, 0.6) is 0 Å². The van der Waals surface area contributed by atoms with Gasteiger partial charge in [0.15, 0.2) is 0 Å². The maximum atomic E-state index is 12.9. The van der Waals surface area contributed by atoms with Crippen LogP contribution in [-0.4, -0.2) is 0 Å². The molecule has 16 heavy (non-hydrogen) atoms. The fourth-order valence-corrected chi connectivity index (χ4v) is 1.14. The van der Waals surface area contributed by atoms with E-state index >= 15 is 0 Å². The first-order chi connectivity index (χ1) is 7.03. The molecule has 1 aromatic rings. The molecule has 90 valence electrons. The highest BCUT2D eigenvalue weighted by molar-refractivity contribution is 5.35. The summed E-state index contributed by atoms with van der Waals surface area (Å²) >= 11 is 0. The molecule has 0 aliphatic carbocycles. The molecule has 0 heterocycles. The lowest BCUT2D eigenvalue weighted by atomic mass is 10.0. The van der Waals surface area contributed by atoms with Crippen LogP contribution in [-0.2, 0) is 12.4 Å². The van der Waals surface area contributed by atoms with Crippen LogP contribution in [0.3, 0.4) is 0 Å². The number of halogens is 7. The van der Waals surface area contributed by atoms with E-state index in [-0.39, 0.29) is 12.1 Å². The highest BCUT2D eigenvalue weighted by Gasteiger charge is 2.38. The van der Waals surface area contributed by atoms with Crippen molar-refractivity contribution in [3.05, 3.63) is 34.6 Å². The van der Waals surface area contributed by atoms with Crippen LogP contribution < -0.4 is 0 Å². The summed E-state index contributed by atoms with van der Waals surface area (Å²) in [7, 11) is 0. The summed E-state index contributed by atoms with van der Waals surface area (Å²) in [5, 5.41) is 0. The van der Waals surface area contributed by atoms with Crippen molar-refractivity contribution < 1.29 is 30.7 Å². The lowest BCUT2D eigenvalue weighted by Gasteiger charge is -2.14. The molecule has 0 aromatic heterocycles. The van der Waals surface area contributed by atoms with Crippen LogP contribution >= 0.6 is 0 Å². The second kappa shape index (κ2) is 3.64. The summed E-state index contributed by atoms with van der Waals surface area (Å²) in [6.45, 7) is 0.776. The molecule has 0 aliphatic heterocycles. The van der Waals surface area contributed by atoms with E-state index in [9.17, 15) is 30.7 Å². The first-order valence-electron chi connectivity index (χ1n) is 3.98. The van der Waals surface area contributed by atoms with Crippen LogP contribution in [0.2, 0.25) is 0 Å². The predicted molar refractivity (Wildman–Crippen MR) is 41.1 cm³/mol. The van der Waals surface area contributed by atoms with Gasteiger partial charge in [-0.05, 0) is 24.6 Å². The summed E-state index contributed by atoms with van der Waals surface area (Å²) in [5.74, 6) is -1.53. The Hall–Kier alpha value is -1.27. The number of alkyl halides is 6. The first-order valence-corrected chi connectivity index (χ1v) is 3.98. The van der Waals surface area contributed by atoms with Gasteiger partial charge in [0, 0.05) is 0 Å². The lowest BCUT2D eigenvalue weighted by Crippen LogP contribution is -2.13. The van der Waals surface area contributed by atoms with Gasteiger partial charge in [-0.2, -0.15) is 26.3 Å². The van der Waals surface area contributed by atoms with Crippen molar-refractivity contribution in [2.75, 3.05) is 0 Å². The summed E-state index contributed by atoms with van der Waals surface area (Å²) < 4.78 is 86.1. The largest absolute Gasteiger partial charge is 0.416 e. The van der Waals surface area contributed by atoms with E-state index in [0.717, 1.165) is 6.92 Å². The minimum atomic E-state index is -5.01. The van der Waals surface area contributed by atoms with Gasteiger partial charge in [0.25, 0.3) is 0 Å². The van der Waals surface area contributed by atoms with Crippen molar-refractivity contribution in [3.8, 4) is 0 Å². The predicted octanol–water partition coefficient (Wildman–Crippen LogP) is 4.17. The van der Waals surface area contributed by atoms with Gasteiger partial charge in [0.2, 0.25) is 0 Å². The molecule has 0 saturated carbocycles. The van der Waals surface area contributed by atoms with Crippen molar-refractivity contribution in [1.82, 2.24) is 0 Å². The monoisotopic (exact) mass is 246 g/mol. The molecular weight excluding hydrogens is 241 g/mol. The van der Waals surface area contributed by atoms with Gasteiger partial charge < -0.3 is 0 Å². The third-order valence-electron chi connectivity index (χ3n) is 1.98. The maximum Gasteiger partial charge on any atom is 0.416 e. The highest BCUT2D eigenvalue weighted by Crippen LogP contribution is 2.38. The third-order valence-corrected chi connectivity index (χ3v) is 1.98. The standard InChI is InChI=1S/C9H5F7/c1-4-6(9(14,15)16)2-5(3-7(4)10)8(11,12)13/h2-3H,1H3. The van der Waals surface area contributed by atoms with Crippen molar-refractivity contribution in [2.24, 2.45) is 0 Å². The third kappa shape index (κ3) is 2.45.